The average molecular weight is 257 g/mol. The standard InChI is InChI=1S/C14H11NO2S/c1-16-10-7-8-12-13(9-10)17-14(15-12)18-11-5-3-2-4-6-11/h2-9H,1H3. The summed E-state index contributed by atoms with van der Waals surface area (Å²) < 4.78 is 10.8. The molecule has 0 saturated heterocycles. The van der Waals surface area contributed by atoms with Crippen molar-refractivity contribution in [2.75, 3.05) is 7.11 Å². The van der Waals surface area contributed by atoms with E-state index in [-0.39, 0.29) is 0 Å². The maximum absolute atomic E-state index is 5.69. The Kier molecular flexibility index (Phi) is 2.94. The Morgan fingerprint density at radius 2 is 1.94 bits per heavy atom. The van der Waals surface area contributed by atoms with Crippen LogP contribution < -0.4 is 4.74 Å². The number of fused-ring (bicyclic) bond motifs is 1. The average Bonchev–Trinajstić information content (AvgIpc) is 2.80. The Bertz CT molecular complexity index is 664. The van der Waals surface area contributed by atoms with Crippen molar-refractivity contribution < 1.29 is 9.15 Å². The molecule has 0 atom stereocenters. The van der Waals surface area contributed by atoms with Gasteiger partial charge in [-0.2, -0.15) is 0 Å². The highest BCUT2D eigenvalue weighted by Crippen LogP contribution is 2.30. The van der Waals surface area contributed by atoms with Gasteiger partial charge in [-0.25, -0.2) is 4.98 Å². The van der Waals surface area contributed by atoms with Gasteiger partial charge in [0.15, 0.2) is 5.58 Å². The highest BCUT2D eigenvalue weighted by molar-refractivity contribution is 7.99. The van der Waals surface area contributed by atoms with E-state index in [0.717, 1.165) is 21.7 Å². The van der Waals surface area contributed by atoms with Gasteiger partial charge in [-0.1, -0.05) is 18.2 Å². The molecule has 4 heteroatoms. The van der Waals surface area contributed by atoms with Crippen LogP contribution in [0.25, 0.3) is 11.1 Å². The summed E-state index contributed by atoms with van der Waals surface area (Å²) in [6, 6.07) is 15.6. The Morgan fingerprint density at radius 3 is 2.72 bits per heavy atom. The number of hydrogen-bond acceptors (Lipinski definition) is 4. The van der Waals surface area contributed by atoms with Crippen LogP contribution in [0.4, 0.5) is 0 Å². The lowest BCUT2D eigenvalue weighted by atomic mass is 10.3. The molecule has 3 aromatic rings. The number of nitrogens with zero attached hydrogens (tertiary/aromatic N) is 1. The summed E-state index contributed by atoms with van der Waals surface area (Å²) in [5.74, 6) is 0.773. The minimum absolute atomic E-state index is 0.643. The van der Waals surface area contributed by atoms with E-state index in [1.165, 1.54) is 11.8 Å². The first-order valence-electron chi connectivity index (χ1n) is 5.52. The highest BCUT2D eigenvalue weighted by atomic mass is 32.2. The lowest BCUT2D eigenvalue weighted by Crippen LogP contribution is -1.80. The van der Waals surface area contributed by atoms with Crippen LogP contribution in [0, 0.1) is 0 Å². The van der Waals surface area contributed by atoms with Crippen LogP contribution in [-0.2, 0) is 0 Å². The minimum Gasteiger partial charge on any atom is -0.497 e. The largest absolute Gasteiger partial charge is 0.497 e. The third-order valence-corrected chi connectivity index (χ3v) is 3.38. The number of methoxy groups -OCH3 is 1. The van der Waals surface area contributed by atoms with Crippen LogP contribution in [0.15, 0.2) is 63.1 Å². The van der Waals surface area contributed by atoms with Crippen molar-refractivity contribution in [3.63, 3.8) is 0 Å². The highest BCUT2D eigenvalue weighted by Gasteiger charge is 2.08. The second-order valence-electron chi connectivity index (χ2n) is 3.73. The lowest BCUT2D eigenvalue weighted by Gasteiger charge is -1.96. The summed E-state index contributed by atoms with van der Waals surface area (Å²) in [4.78, 5) is 5.53. The van der Waals surface area contributed by atoms with Gasteiger partial charge >= 0.3 is 0 Å². The first-order chi connectivity index (χ1) is 8.85. The fourth-order valence-electron chi connectivity index (χ4n) is 1.64. The van der Waals surface area contributed by atoms with Crippen molar-refractivity contribution in [2.24, 2.45) is 0 Å². The molecule has 0 spiro atoms. The molecule has 0 saturated carbocycles. The summed E-state index contributed by atoms with van der Waals surface area (Å²) in [5.41, 5.74) is 1.59. The van der Waals surface area contributed by atoms with E-state index in [1.54, 1.807) is 7.11 Å². The zero-order chi connectivity index (χ0) is 12.4. The van der Waals surface area contributed by atoms with E-state index in [0.29, 0.717) is 5.22 Å². The first kappa shape index (κ1) is 11.2. The molecule has 90 valence electrons. The van der Waals surface area contributed by atoms with Crippen molar-refractivity contribution in [3.05, 3.63) is 48.5 Å². The van der Waals surface area contributed by atoms with Gasteiger partial charge in [0.2, 0.25) is 0 Å². The van der Waals surface area contributed by atoms with Gasteiger partial charge in [-0.05, 0) is 36.0 Å². The molecule has 1 aromatic heterocycles. The van der Waals surface area contributed by atoms with E-state index in [9.17, 15) is 0 Å². The second-order valence-corrected chi connectivity index (χ2v) is 4.75. The molecule has 0 fully saturated rings. The van der Waals surface area contributed by atoms with Crippen LogP contribution in [0.1, 0.15) is 0 Å². The third-order valence-electron chi connectivity index (χ3n) is 2.52. The fourth-order valence-corrected chi connectivity index (χ4v) is 2.41. The van der Waals surface area contributed by atoms with Crippen molar-refractivity contribution in [1.82, 2.24) is 4.98 Å². The molecule has 0 aliphatic rings. The number of hydrogen-bond donors (Lipinski definition) is 0. The molecule has 2 aromatic carbocycles. The fraction of sp³-hybridized carbons (Fsp3) is 0.0714. The Balaban J connectivity index is 1.94. The van der Waals surface area contributed by atoms with Gasteiger partial charge in [0.1, 0.15) is 11.3 Å². The van der Waals surface area contributed by atoms with Gasteiger partial charge in [0, 0.05) is 11.0 Å². The van der Waals surface area contributed by atoms with Crippen molar-refractivity contribution >= 4 is 22.9 Å². The van der Waals surface area contributed by atoms with E-state index < -0.39 is 0 Å². The summed E-state index contributed by atoms with van der Waals surface area (Å²) in [6.45, 7) is 0. The summed E-state index contributed by atoms with van der Waals surface area (Å²) in [6.07, 6.45) is 0. The minimum atomic E-state index is 0.643. The smallest absolute Gasteiger partial charge is 0.261 e. The zero-order valence-electron chi connectivity index (χ0n) is 9.79. The number of rotatable bonds is 3. The molecule has 0 unspecified atom stereocenters. The molecule has 3 nitrogen and oxygen atoms in total. The summed E-state index contributed by atoms with van der Waals surface area (Å²) >= 11 is 1.51. The number of aromatic nitrogens is 1. The first-order valence-corrected chi connectivity index (χ1v) is 6.34. The number of oxazole rings is 1. The van der Waals surface area contributed by atoms with Crippen LogP contribution in [0.2, 0.25) is 0 Å². The van der Waals surface area contributed by atoms with Crippen LogP contribution in [0.3, 0.4) is 0 Å². The Labute approximate surface area is 109 Å². The van der Waals surface area contributed by atoms with E-state index in [4.69, 9.17) is 9.15 Å². The summed E-state index contributed by atoms with van der Waals surface area (Å²) in [5, 5.41) is 0.643. The van der Waals surface area contributed by atoms with Gasteiger partial charge in [-0.15, -0.1) is 0 Å². The van der Waals surface area contributed by atoms with Crippen LogP contribution >= 0.6 is 11.8 Å². The van der Waals surface area contributed by atoms with E-state index in [2.05, 4.69) is 4.98 Å². The van der Waals surface area contributed by atoms with Gasteiger partial charge < -0.3 is 9.15 Å². The van der Waals surface area contributed by atoms with Gasteiger partial charge in [-0.3, -0.25) is 0 Å². The maximum Gasteiger partial charge on any atom is 0.261 e. The number of benzene rings is 2. The molecule has 0 aliphatic heterocycles. The molecule has 3 rings (SSSR count). The van der Waals surface area contributed by atoms with Gasteiger partial charge in [0.05, 0.1) is 7.11 Å². The monoisotopic (exact) mass is 257 g/mol. The second kappa shape index (κ2) is 4.74. The van der Waals surface area contributed by atoms with E-state index >= 15 is 0 Å². The molecule has 0 aliphatic carbocycles. The van der Waals surface area contributed by atoms with E-state index in [1.807, 2.05) is 48.5 Å². The quantitative estimate of drug-likeness (QED) is 0.710. The lowest BCUT2D eigenvalue weighted by molar-refractivity contribution is 0.413. The molecule has 1 heterocycles. The molecule has 0 radical (unpaired) electrons. The predicted molar refractivity (Wildman–Crippen MR) is 71.1 cm³/mol. The summed E-state index contributed by atoms with van der Waals surface area (Å²) in [7, 11) is 1.64. The SMILES string of the molecule is COc1ccc2nc(Sc3ccccc3)oc2c1. The Hall–Kier alpha value is -1.94. The maximum atomic E-state index is 5.69. The number of ether oxygens (including phenoxy) is 1. The normalized spacial score (nSPS) is 10.7. The van der Waals surface area contributed by atoms with Crippen molar-refractivity contribution in [3.8, 4) is 5.75 Å². The van der Waals surface area contributed by atoms with Crippen molar-refractivity contribution in [2.45, 2.75) is 10.1 Å². The molecule has 0 amide bonds. The molecular weight excluding hydrogens is 246 g/mol. The zero-order valence-corrected chi connectivity index (χ0v) is 10.6. The Morgan fingerprint density at radius 1 is 1.11 bits per heavy atom. The van der Waals surface area contributed by atoms with Gasteiger partial charge in [0.25, 0.3) is 5.22 Å². The van der Waals surface area contributed by atoms with Crippen LogP contribution in [-0.4, -0.2) is 12.1 Å². The van der Waals surface area contributed by atoms with Crippen LogP contribution in [0.5, 0.6) is 5.75 Å². The predicted octanol–water partition coefficient (Wildman–Crippen LogP) is 3.99. The third kappa shape index (κ3) is 2.19. The molecule has 0 bridgehead atoms. The molecule has 18 heavy (non-hydrogen) atoms. The molecular formula is C14H11NO2S. The molecule has 0 N–H and O–H groups in total. The topological polar surface area (TPSA) is 35.3 Å². The van der Waals surface area contributed by atoms with Crippen molar-refractivity contribution in [1.29, 1.82) is 0 Å².